The lowest BCUT2D eigenvalue weighted by Gasteiger charge is -2.28. The summed E-state index contributed by atoms with van der Waals surface area (Å²) in [7, 11) is 0. The van der Waals surface area contributed by atoms with Gasteiger partial charge < -0.3 is 15.2 Å². The van der Waals surface area contributed by atoms with E-state index in [1.165, 1.54) is 11.0 Å². The van der Waals surface area contributed by atoms with Gasteiger partial charge in [-0.05, 0) is 55.7 Å². The van der Waals surface area contributed by atoms with E-state index in [2.05, 4.69) is 5.32 Å². The molecule has 1 amide bonds. The summed E-state index contributed by atoms with van der Waals surface area (Å²) in [6.07, 6.45) is 6.30. The Labute approximate surface area is 187 Å². The smallest absolute Gasteiger partial charge is 0.260 e. The number of benzene rings is 2. The van der Waals surface area contributed by atoms with E-state index in [1.807, 2.05) is 31.2 Å². The van der Waals surface area contributed by atoms with Crippen LogP contribution in [0.1, 0.15) is 50.8 Å². The molecule has 3 aromatic rings. The number of anilines is 1. The van der Waals surface area contributed by atoms with Gasteiger partial charge in [-0.3, -0.25) is 14.2 Å². The second-order valence-electron chi connectivity index (χ2n) is 8.41. The summed E-state index contributed by atoms with van der Waals surface area (Å²) in [5.74, 6) is 0.724. The summed E-state index contributed by atoms with van der Waals surface area (Å²) < 4.78 is 6.87. The number of hydrogen-bond donors (Lipinski definition) is 2. The predicted molar refractivity (Wildman–Crippen MR) is 126 cm³/mol. The molecule has 0 radical (unpaired) electrons. The molecule has 1 atom stereocenters. The fraction of sp³-hybridized carbons (Fsp3) is 0.385. The van der Waals surface area contributed by atoms with E-state index in [4.69, 9.17) is 4.74 Å². The van der Waals surface area contributed by atoms with Crippen molar-refractivity contribution in [2.75, 3.05) is 11.9 Å². The first-order valence-electron chi connectivity index (χ1n) is 11.4. The maximum absolute atomic E-state index is 13.1. The number of aliphatic hydroxyl groups excluding tert-OH is 1. The lowest BCUT2D eigenvalue weighted by atomic mass is 9.88. The van der Waals surface area contributed by atoms with Crippen LogP contribution in [0.15, 0.2) is 59.5 Å². The van der Waals surface area contributed by atoms with Gasteiger partial charge in [0.2, 0.25) is 5.91 Å². The van der Waals surface area contributed by atoms with Gasteiger partial charge in [-0.1, -0.05) is 37.5 Å². The third-order valence-corrected chi connectivity index (χ3v) is 6.20. The highest BCUT2D eigenvalue weighted by Gasteiger charge is 2.24. The first kappa shape index (κ1) is 22.1. The normalized spacial score (nSPS) is 15.4. The van der Waals surface area contributed by atoms with E-state index < -0.39 is 6.23 Å². The maximum Gasteiger partial charge on any atom is 0.260 e. The topological polar surface area (TPSA) is 80.6 Å². The van der Waals surface area contributed by atoms with E-state index in [0.29, 0.717) is 23.1 Å². The summed E-state index contributed by atoms with van der Waals surface area (Å²) in [5, 5.41) is 14.9. The van der Waals surface area contributed by atoms with E-state index in [9.17, 15) is 14.7 Å². The van der Waals surface area contributed by atoms with Crippen molar-refractivity contribution in [2.45, 2.75) is 51.7 Å². The minimum atomic E-state index is -0.815. The van der Waals surface area contributed by atoms with Crippen molar-refractivity contribution in [2.24, 2.45) is 5.92 Å². The van der Waals surface area contributed by atoms with Crippen molar-refractivity contribution in [1.82, 2.24) is 4.57 Å². The van der Waals surface area contributed by atoms with Gasteiger partial charge in [0.1, 0.15) is 12.0 Å². The summed E-state index contributed by atoms with van der Waals surface area (Å²) in [6.45, 7) is 2.53. The first-order chi connectivity index (χ1) is 15.6. The average Bonchev–Trinajstić information content (AvgIpc) is 2.81. The number of nitrogens with one attached hydrogen (secondary N) is 1. The van der Waals surface area contributed by atoms with Gasteiger partial charge in [-0.25, -0.2) is 0 Å². The van der Waals surface area contributed by atoms with Crippen molar-refractivity contribution in [3.63, 3.8) is 0 Å². The van der Waals surface area contributed by atoms with E-state index >= 15 is 0 Å². The number of aromatic nitrogens is 1. The number of amides is 1. The standard InChI is InChI=1S/C26H30N2O4/c1-2-32-20-13-11-18(12-14-20)17-24(29)27-23-10-6-9-22-21(23)15-16-28(26(22)31)25(30)19-7-4-3-5-8-19/h6,9-16,19,25,30H,2-5,7-8,17H2,1H3,(H,27,29). The number of ether oxygens (including phenoxy) is 1. The number of hydrogen-bond acceptors (Lipinski definition) is 4. The van der Waals surface area contributed by atoms with Crippen LogP contribution in [0.2, 0.25) is 0 Å². The molecule has 1 fully saturated rings. The molecule has 32 heavy (non-hydrogen) atoms. The molecule has 0 aliphatic heterocycles. The van der Waals surface area contributed by atoms with Crippen molar-refractivity contribution in [1.29, 1.82) is 0 Å². The van der Waals surface area contributed by atoms with Crippen LogP contribution >= 0.6 is 0 Å². The molecule has 4 rings (SSSR count). The predicted octanol–water partition coefficient (Wildman–Crippen LogP) is 4.65. The largest absolute Gasteiger partial charge is 0.494 e. The van der Waals surface area contributed by atoms with Crippen molar-refractivity contribution in [3.8, 4) is 5.75 Å². The van der Waals surface area contributed by atoms with Crippen LogP contribution < -0.4 is 15.6 Å². The Morgan fingerprint density at radius 2 is 1.84 bits per heavy atom. The fourth-order valence-corrected chi connectivity index (χ4v) is 4.52. The zero-order valence-electron chi connectivity index (χ0n) is 18.4. The quantitative estimate of drug-likeness (QED) is 0.567. The van der Waals surface area contributed by atoms with Crippen LogP contribution in [-0.2, 0) is 11.2 Å². The SMILES string of the molecule is CCOc1ccc(CC(=O)Nc2cccc3c(=O)n(C(O)C4CCCCC4)ccc23)cc1. The minimum absolute atomic E-state index is 0.107. The van der Waals surface area contributed by atoms with Crippen LogP contribution in [0.4, 0.5) is 5.69 Å². The van der Waals surface area contributed by atoms with Crippen LogP contribution in [0.3, 0.4) is 0 Å². The molecule has 1 saturated carbocycles. The molecule has 1 unspecified atom stereocenters. The lowest BCUT2D eigenvalue weighted by molar-refractivity contribution is -0.115. The zero-order chi connectivity index (χ0) is 22.5. The van der Waals surface area contributed by atoms with Crippen LogP contribution in [0.25, 0.3) is 10.8 Å². The van der Waals surface area contributed by atoms with Crippen LogP contribution in [-0.4, -0.2) is 22.2 Å². The second-order valence-corrected chi connectivity index (χ2v) is 8.41. The molecular formula is C26H30N2O4. The second kappa shape index (κ2) is 10.0. The minimum Gasteiger partial charge on any atom is -0.494 e. The fourth-order valence-electron chi connectivity index (χ4n) is 4.52. The molecular weight excluding hydrogens is 404 g/mol. The number of carbonyl (C=O) groups is 1. The monoisotopic (exact) mass is 434 g/mol. The molecule has 1 aliphatic carbocycles. The molecule has 0 bridgehead atoms. The van der Waals surface area contributed by atoms with Crippen LogP contribution in [0.5, 0.6) is 5.75 Å². The third kappa shape index (κ3) is 4.86. The van der Waals surface area contributed by atoms with Crippen molar-refractivity contribution >= 4 is 22.4 Å². The number of carbonyl (C=O) groups excluding carboxylic acids is 1. The molecule has 2 aromatic carbocycles. The Morgan fingerprint density at radius 1 is 1.09 bits per heavy atom. The molecule has 1 aromatic heterocycles. The summed E-state index contributed by atoms with van der Waals surface area (Å²) in [4.78, 5) is 25.7. The number of fused-ring (bicyclic) bond motifs is 1. The number of pyridine rings is 1. The van der Waals surface area contributed by atoms with Crippen molar-refractivity contribution in [3.05, 3.63) is 70.6 Å². The van der Waals surface area contributed by atoms with Crippen molar-refractivity contribution < 1.29 is 14.6 Å². The summed E-state index contributed by atoms with van der Waals surface area (Å²) in [6, 6.07) is 14.5. The first-order valence-corrected chi connectivity index (χ1v) is 11.4. The van der Waals surface area contributed by atoms with Gasteiger partial charge in [0.05, 0.1) is 13.0 Å². The number of aliphatic hydroxyl groups is 1. The highest BCUT2D eigenvalue weighted by Crippen LogP contribution is 2.31. The summed E-state index contributed by atoms with van der Waals surface area (Å²) >= 11 is 0. The Bertz CT molecular complexity index is 1130. The number of rotatable bonds is 7. The molecule has 168 valence electrons. The highest BCUT2D eigenvalue weighted by molar-refractivity contribution is 6.02. The molecule has 2 N–H and O–H groups in total. The van der Waals surface area contributed by atoms with Gasteiger partial charge in [-0.15, -0.1) is 0 Å². The van der Waals surface area contributed by atoms with Gasteiger partial charge >= 0.3 is 0 Å². The average molecular weight is 435 g/mol. The third-order valence-electron chi connectivity index (χ3n) is 6.20. The molecule has 6 heteroatoms. The van der Waals surface area contributed by atoms with E-state index in [-0.39, 0.29) is 23.8 Å². The van der Waals surface area contributed by atoms with Gasteiger partial charge in [0.15, 0.2) is 0 Å². The van der Waals surface area contributed by atoms with Gasteiger partial charge in [0.25, 0.3) is 5.56 Å². The molecule has 1 aliphatic rings. The van der Waals surface area contributed by atoms with Crippen LogP contribution in [0, 0.1) is 5.92 Å². The van der Waals surface area contributed by atoms with Gasteiger partial charge in [0, 0.05) is 28.6 Å². The zero-order valence-corrected chi connectivity index (χ0v) is 18.4. The maximum atomic E-state index is 13.1. The lowest BCUT2D eigenvalue weighted by Crippen LogP contribution is -2.30. The Hall–Kier alpha value is -3.12. The molecule has 0 spiro atoms. The molecule has 1 heterocycles. The van der Waals surface area contributed by atoms with Gasteiger partial charge in [-0.2, -0.15) is 0 Å². The molecule has 0 saturated heterocycles. The summed E-state index contributed by atoms with van der Waals surface area (Å²) in [5.41, 5.74) is 1.24. The molecule has 6 nitrogen and oxygen atoms in total. The van der Waals surface area contributed by atoms with E-state index in [1.54, 1.807) is 30.5 Å². The Balaban J connectivity index is 1.52. The van der Waals surface area contributed by atoms with E-state index in [0.717, 1.165) is 37.0 Å². The highest BCUT2D eigenvalue weighted by atomic mass is 16.5. The Kier molecular flexibility index (Phi) is 6.90. The Morgan fingerprint density at radius 3 is 2.56 bits per heavy atom. The number of nitrogens with zero attached hydrogens (tertiary/aromatic N) is 1.